The number of aliphatic hydroxyl groups is 1. The van der Waals surface area contributed by atoms with Gasteiger partial charge in [0.25, 0.3) is 0 Å². The van der Waals surface area contributed by atoms with Crippen LogP contribution in [0.4, 0.5) is 0 Å². The van der Waals surface area contributed by atoms with Crippen LogP contribution in [0.1, 0.15) is 31.2 Å². The number of unbranched alkanes of at least 4 members (excludes halogenated alkanes) is 1. The summed E-state index contributed by atoms with van der Waals surface area (Å²) < 4.78 is 0. The average molecular weight is 318 g/mol. The van der Waals surface area contributed by atoms with Crippen LogP contribution in [0.5, 0.6) is 0 Å². The van der Waals surface area contributed by atoms with E-state index in [1.165, 1.54) is 0 Å². The molecule has 0 heterocycles. The standard InChI is InChI=1S/C17H27BN2O3/c18-10-5-4-8-17(19,16(22)23)9-11-20(12-13-21)14-15-6-2-1-3-7-15/h1-3,6-7,21H,4-5,8-14,19H2,(H,22,23). The lowest BCUT2D eigenvalue weighted by molar-refractivity contribution is -0.144. The van der Waals surface area contributed by atoms with Gasteiger partial charge in [-0.15, -0.1) is 0 Å². The molecule has 4 N–H and O–H groups in total. The number of nitrogens with zero attached hydrogens (tertiary/aromatic N) is 1. The van der Waals surface area contributed by atoms with E-state index in [4.69, 9.17) is 13.6 Å². The quantitative estimate of drug-likeness (QED) is 0.401. The molecule has 0 saturated heterocycles. The van der Waals surface area contributed by atoms with Crippen molar-refractivity contribution in [3.05, 3.63) is 35.9 Å². The van der Waals surface area contributed by atoms with Crippen molar-refractivity contribution in [1.29, 1.82) is 0 Å². The second-order valence-electron chi connectivity index (χ2n) is 5.94. The second-order valence-corrected chi connectivity index (χ2v) is 5.94. The minimum Gasteiger partial charge on any atom is -0.480 e. The summed E-state index contributed by atoms with van der Waals surface area (Å²) in [5, 5.41) is 18.7. The fraction of sp³-hybridized carbons (Fsp3) is 0.588. The number of carboxylic acid groups (broad SMARTS) is 1. The van der Waals surface area contributed by atoms with E-state index in [2.05, 4.69) is 0 Å². The molecular formula is C17H27BN2O3. The number of aliphatic hydroxyl groups excluding tert-OH is 1. The van der Waals surface area contributed by atoms with Crippen molar-refractivity contribution in [2.24, 2.45) is 5.73 Å². The Morgan fingerprint density at radius 2 is 1.87 bits per heavy atom. The predicted octanol–water partition coefficient (Wildman–Crippen LogP) is 1.41. The smallest absolute Gasteiger partial charge is 0.323 e. The molecule has 0 aliphatic carbocycles. The van der Waals surface area contributed by atoms with Crippen LogP contribution >= 0.6 is 0 Å². The number of hydrogen-bond acceptors (Lipinski definition) is 4. The minimum absolute atomic E-state index is 0.0324. The minimum atomic E-state index is -1.24. The molecule has 0 fully saturated rings. The van der Waals surface area contributed by atoms with Crippen molar-refractivity contribution in [2.75, 3.05) is 19.7 Å². The molecule has 0 bridgehead atoms. The molecule has 5 nitrogen and oxygen atoms in total. The highest BCUT2D eigenvalue weighted by Gasteiger charge is 2.33. The van der Waals surface area contributed by atoms with Gasteiger partial charge in [-0.05, 0) is 18.4 Å². The van der Waals surface area contributed by atoms with Gasteiger partial charge in [-0.3, -0.25) is 9.69 Å². The fourth-order valence-corrected chi connectivity index (χ4v) is 2.53. The third kappa shape index (κ3) is 7.16. The second kappa shape index (κ2) is 10.4. The van der Waals surface area contributed by atoms with Crippen LogP contribution in [0.3, 0.4) is 0 Å². The van der Waals surface area contributed by atoms with E-state index >= 15 is 0 Å². The first kappa shape index (κ1) is 19.7. The highest BCUT2D eigenvalue weighted by Crippen LogP contribution is 2.18. The highest BCUT2D eigenvalue weighted by atomic mass is 16.4. The van der Waals surface area contributed by atoms with E-state index in [0.29, 0.717) is 45.2 Å². The van der Waals surface area contributed by atoms with Gasteiger partial charge in [-0.25, -0.2) is 0 Å². The number of benzene rings is 1. The Bertz CT molecular complexity index is 458. The molecule has 0 aliphatic rings. The Morgan fingerprint density at radius 1 is 1.17 bits per heavy atom. The molecule has 1 aromatic rings. The monoisotopic (exact) mass is 318 g/mol. The zero-order valence-corrected chi connectivity index (χ0v) is 13.7. The van der Waals surface area contributed by atoms with Gasteiger partial charge in [0.05, 0.1) is 14.5 Å². The third-order valence-corrected chi connectivity index (χ3v) is 4.04. The van der Waals surface area contributed by atoms with Crippen molar-refractivity contribution in [3.8, 4) is 0 Å². The number of aliphatic carboxylic acids is 1. The molecule has 1 rings (SSSR count). The molecule has 2 radical (unpaired) electrons. The number of rotatable bonds is 12. The van der Waals surface area contributed by atoms with Gasteiger partial charge in [-0.1, -0.05) is 49.5 Å². The van der Waals surface area contributed by atoms with Crippen LogP contribution in [0.2, 0.25) is 6.32 Å². The van der Waals surface area contributed by atoms with Crippen molar-refractivity contribution in [1.82, 2.24) is 4.90 Å². The van der Waals surface area contributed by atoms with Gasteiger partial charge in [0.2, 0.25) is 0 Å². The summed E-state index contributed by atoms with van der Waals surface area (Å²) in [7, 11) is 5.46. The summed E-state index contributed by atoms with van der Waals surface area (Å²) in [6.45, 7) is 1.72. The Labute approximate surface area is 139 Å². The molecule has 0 amide bonds. The summed E-state index contributed by atoms with van der Waals surface area (Å²) in [6.07, 6.45) is 2.78. The molecule has 0 saturated carbocycles. The molecule has 6 heteroatoms. The summed E-state index contributed by atoms with van der Waals surface area (Å²) in [6, 6.07) is 9.90. The lowest BCUT2D eigenvalue weighted by atomic mass is 9.88. The van der Waals surface area contributed by atoms with Crippen LogP contribution in [0.25, 0.3) is 0 Å². The summed E-state index contributed by atoms with van der Waals surface area (Å²) >= 11 is 0. The van der Waals surface area contributed by atoms with Gasteiger partial charge >= 0.3 is 5.97 Å². The van der Waals surface area contributed by atoms with Crippen molar-refractivity contribution in [3.63, 3.8) is 0 Å². The van der Waals surface area contributed by atoms with Gasteiger partial charge in [0.1, 0.15) is 5.54 Å². The Kier molecular flexibility index (Phi) is 8.91. The van der Waals surface area contributed by atoms with Crippen LogP contribution in [0, 0.1) is 0 Å². The first-order chi connectivity index (χ1) is 11.0. The first-order valence-corrected chi connectivity index (χ1v) is 8.11. The average Bonchev–Trinajstić information content (AvgIpc) is 2.54. The normalized spacial score (nSPS) is 13.9. The molecule has 126 valence electrons. The number of carbonyl (C=O) groups is 1. The first-order valence-electron chi connectivity index (χ1n) is 8.11. The van der Waals surface area contributed by atoms with E-state index in [0.717, 1.165) is 12.0 Å². The predicted molar refractivity (Wildman–Crippen MR) is 92.4 cm³/mol. The van der Waals surface area contributed by atoms with Gasteiger partial charge in [0.15, 0.2) is 0 Å². The fourth-order valence-electron chi connectivity index (χ4n) is 2.53. The zero-order valence-electron chi connectivity index (χ0n) is 13.7. The van der Waals surface area contributed by atoms with E-state index < -0.39 is 11.5 Å². The van der Waals surface area contributed by atoms with Crippen LogP contribution < -0.4 is 5.73 Å². The molecule has 0 spiro atoms. The molecule has 0 aromatic heterocycles. The van der Waals surface area contributed by atoms with Crippen LogP contribution in [0.15, 0.2) is 30.3 Å². The summed E-state index contributed by atoms with van der Waals surface area (Å²) in [5.74, 6) is -0.974. The summed E-state index contributed by atoms with van der Waals surface area (Å²) in [5.41, 5.74) is 5.98. The van der Waals surface area contributed by atoms with Crippen LogP contribution in [-0.2, 0) is 11.3 Å². The molecule has 1 atom stereocenters. The van der Waals surface area contributed by atoms with Gasteiger partial charge < -0.3 is 15.9 Å². The topological polar surface area (TPSA) is 86.8 Å². The van der Waals surface area contributed by atoms with E-state index in [-0.39, 0.29) is 6.61 Å². The number of carboxylic acids is 1. The molecule has 23 heavy (non-hydrogen) atoms. The van der Waals surface area contributed by atoms with Crippen LogP contribution in [-0.4, -0.2) is 54.2 Å². The molecule has 0 aliphatic heterocycles. The van der Waals surface area contributed by atoms with Crippen molar-refractivity contribution < 1.29 is 15.0 Å². The third-order valence-electron chi connectivity index (χ3n) is 4.04. The summed E-state index contributed by atoms with van der Waals surface area (Å²) in [4.78, 5) is 13.6. The number of hydrogen-bond donors (Lipinski definition) is 3. The maximum absolute atomic E-state index is 11.5. The Morgan fingerprint density at radius 3 is 2.43 bits per heavy atom. The van der Waals surface area contributed by atoms with Gasteiger partial charge in [-0.2, -0.15) is 0 Å². The molecule has 1 unspecified atom stereocenters. The highest BCUT2D eigenvalue weighted by molar-refractivity contribution is 6.08. The SMILES string of the molecule is [B]CCCCC(N)(CCN(CCO)Cc1ccccc1)C(=O)O. The van der Waals surface area contributed by atoms with E-state index in [9.17, 15) is 15.0 Å². The maximum atomic E-state index is 11.5. The van der Waals surface area contributed by atoms with Crippen molar-refractivity contribution in [2.45, 2.75) is 44.1 Å². The largest absolute Gasteiger partial charge is 0.480 e. The number of nitrogens with two attached hydrogens (primary N) is 1. The Hall–Kier alpha value is -1.37. The molecular weight excluding hydrogens is 291 g/mol. The molecule has 1 aromatic carbocycles. The maximum Gasteiger partial charge on any atom is 0.323 e. The van der Waals surface area contributed by atoms with Gasteiger partial charge in [0, 0.05) is 19.6 Å². The zero-order chi connectivity index (χ0) is 17.1. The lowest BCUT2D eigenvalue weighted by Gasteiger charge is -2.29. The van der Waals surface area contributed by atoms with Crippen molar-refractivity contribution >= 4 is 13.8 Å². The lowest BCUT2D eigenvalue weighted by Crippen LogP contribution is -2.50. The van der Waals surface area contributed by atoms with E-state index in [1.54, 1.807) is 0 Å². The van der Waals surface area contributed by atoms with E-state index in [1.807, 2.05) is 35.2 Å². The Balaban J connectivity index is 2.61.